The number of sulfone groups is 1. The van der Waals surface area contributed by atoms with Crippen molar-refractivity contribution in [2.75, 3.05) is 11.1 Å². The largest absolute Gasteiger partial charge is 0.373 e. The van der Waals surface area contributed by atoms with Gasteiger partial charge in [0.05, 0.1) is 11.8 Å². The van der Waals surface area contributed by atoms with E-state index < -0.39 is 15.9 Å². The first kappa shape index (κ1) is 12.2. The van der Waals surface area contributed by atoms with Crippen molar-refractivity contribution < 1.29 is 13.2 Å². The van der Waals surface area contributed by atoms with Crippen molar-refractivity contribution in [3.8, 4) is 0 Å². The highest BCUT2D eigenvalue weighted by molar-refractivity contribution is 7.94. The molecule has 5 nitrogen and oxygen atoms in total. The fourth-order valence-electron chi connectivity index (χ4n) is 2.41. The van der Waals surface area contributed by atoms with E-state index in [1.165, 1.54) is 6.08 Å². The first-order valence-corrected chi connectivity index (χ1v) is 7.81. The molecule has 2 heterocycles. The molecule has 1 aromatic rings. The highest BCUT2D eigenvalue weighted by atomic mass is 32.2. The molecular formula is C13H14N2O3S. The number of rotatable bonds is 2. The van der Waals surface area contributed by atoms with Crippen LogP contribution in [0.1, 0.15) is 5.56 Å². The molecule has 0 saturated heterocycles. The van der Waals surface area contributed by atoms with Crippen molar-refractivity contribution in [3.63, 3.8) is 0 Å². The van der Waals surface area contributed by atoms with Gasteiger partial charge in [0, 0.05) is 17.5 Å². The zero-order valence-corrected chi connectivity index (χ0v) is 11.0. The Labute approximate surface area is 111 Å². The van der Waals surface area contributed by atoms with Gasteiger partial charge in [-0.1, -0.05) is 18.2 Å². The highest BCUT2D eigenvalue weighted by Gasteiger charge is 2.29. The van der Waals surface area contributed by atoms with E-state index in [1.54, 1.807) is 0 Å². The van der Waals surface area contributed by atoms with Gasteiger partial charge in [0.15, 0.2) is 9.84 Å². The highest BCUT2D eigenvalue weighted by Crippen LogP contribution is 2.25. The number of para-hydroxylation sites is 1. The van der Waals surface area contributed by atoms with E-state index in [1.807, 2.05) is 24.3 Å². The fourth-order valence-corrected chi connectivity index (χ4v) is 3.64. The van der Waals surface area contributed by atoms with Gasteiger partial charge in [-0.25, -0.2) is 8.42 Å². The van der Waals surface area contributed by atoms with E-state index in [9.17, 15) is 13.2 Å². The van der Waals surface area contributed by atoms with E-state index in [2.05, 4.69) is 10.6 Å². The molecular weight excluding hydrogens is 264 g/mol. The first-order valence-electron chi connectivity index (χ1n) is 6.09. The lowest BCUT2D eigenvalue weighted by Gasteiger charge is -2.15. The van der Waals surface area contributed by atoms with Crippen molar-refractivity contribution in [1.82, 2.24) is 5.32 Å². The van der Waals surface area contributed by atoms with Crippen LogP contribution in [0.2, 0.25) is 0 Å². The zero-order chi connectivity index (χ0) is 13.5. The Morgan fingerprint density at radius 3 is 2.79 bits per heavy atom. The molecule has 0 aromatic heterocycles. The Morgan fingerprint density at radius 2 is 2.11 bits per heavy atom. The normalized spacial score (nSPS) is 26.7. The maximum atomic E-state index is 12.1. The molecule has 1 amide bonds. The topological polar surface area (TPSA) is 75.3 Å². The van der Waals surface area contributed by atoms with E-state index in [4.69, 9.17) is 0 Å². The maximum Gasteiger partial charge on any atom is 0.243 e. The third kappa shape index (κ3) is 2.49. The third-order valence-corrected chi connectivity index (χ3v) is 4.74. The van der Waals surface area contributed by atoms with E-state index >= 15 is 0 Å². The first-order chi connectivity index (χ1) is 9.03. The van der Waals surface area contributed by atoms with Crippen LogP contribution in [0.3, 0.4) is 0 Å². The lowest BCUT2D eigenvalue weighted by molar-refractivity contribution is -0.122. The molecule has 0 saturated carbocycles. The summed E-state index contributed by atoms with van der Waals surface area (Å²) in [6.07, 6.45) is 2.15. The quantitative estimate of drug-likeness (QED) is 0.823. The molecule has 0 radical (unpaired) electrons. The zero-order valence-electron chi connectivity index (χ0n) is 10.2. The molecule has 2 N–H and O–H groups in total. The number of hydrogen-bond donors (Lipinski definition) is 2. The number of nitrogens with one attached hydrogen (secondary N) is 2. The molecule has 0 spiro atoms. The van der Waals surface area contributed by atoms with Gasteiger partial charge in [0.2, 0.25) is 5.91 Å². The Balaban J connectivity index is 1.63. The van der Waals surface area contributed by atoms with Gasteiger partial charge in [0.25, 0.3) is 0 Å². The summed E-state index contributed by atoms with van der Waals surface area (Å²) in [7, 11) is -3.13. The summed E-state index contributed by atoms with van der Waals surface area (Å²) < 4.78 is 22.5. The number of fused-ring (bicyclic) bond motifs is 1. The number of anilines is 1. The lowest BCUT2D eigenvalue weighted by Crippen LogP contribution is -2.44. The van der Waals surface area contributed by atoms with Crippen molar-refractivity contribution in [3.05, 3.63) is 41.3 Å². The molecule has 19 heavy (non-hydrogen) atoms. The van der Waals surface area contributed by atoms with Crippen LogP contribution in [-0.2, 0) is 21.1 Å². The predicted octanol–water partition coefficient (Wildman–Crippen LogP) is 0.450. The van der Waals surface area contributed by atoms with Gasteiger partial charge in [-0.05, 0) is 17.7 Å². The summed E-state index contributed by atoms with van der Waals surface area (Å²) in [6, 6.07) is 7.03. The average Bonchev–Trinajstić information content (AvgIpc) is 2.92. The van der Waals surface area contributed by atoms with Crippen LogP contribution in [0.15, 0.2) is 35.7 Å². The maximum absolute atomic E-state index is 12.1. The number of amides is 1. The predicted molar refractivity (Wildman–Crippen MR) is 72.4 cm³/mol. The Morgan fingerprint density at radius 1 is 1.32 bits per heavy atom. The molecule has 2 aliphatic heterocycles. The van der Waals surface area contributed by atoms with Crippen LogP contribution >= 0.6 is 0 Å². The minimum absolute atomic E-state index is 0.0432. The van der Waals surface area contributed by atoms with E-state index in [0.717, 1.165) is 16.7 Å². The third-order valence-electron chi connectivity index (χ3n) is 3.35. The van der Waals surface area contributed by atoms with Gasteiger partial charge in [-0.2, -0.15) is 0 Å². The second-order valence-corrected chi connectivity index (χ2v) is 6.76. The van der Waals surface area contributed by atoms with Crippen molar-refractivity contribution in [2.45, 2.75) is 18.5 Å². The van der Waals surface area contributed by atoms with Crippen LogP contribution in [0.5, 0.6) is 0 Å². The molecule has 2 unspecified atom stereocenters. The molecule has 3 rings (SSSR count). The van der Waals surface area contributed by atoms with Crippen molar-refractivity contribution >= 4 is 21.4 Å². The Bertz CT molecular complexity index is 627. The van der Waals surface area contributed by atoms with Gasteiger partial charge in [0.1, 0.15) is 6.04 Å². The minimum atomic E-state index is -3.13. The standard InChI is InChI=1S/C13H14N2O3S/c16-13(14-10-5-6-19(17,18)8-10)12-7-9-3-1-2-4-11(9)15-12/h1-6,10,12,15H,7-8H2,(H,14,16). The summed E-state index contributed by atoms with van der Waals surface area (Å²) in [5, 5.41) is 7.05. The molecule has 1 aromatic carbocycles. The van der Waals surface area contributed by atoms with Crippen molar-refractivity contribution in [2.24, 2.45) is 0 Å². The number of carbonyl (C=O) groups excluding carboxylic acids is 1. The molecule has 100 valence electrons. The minimum Gasteiger partial charge on any atom is -0.373 e. The second-order valence-electron chi connectivity index (χ2n) is 4.83. The van der Waals surface area contributed by atoms with Gasteiger partial charge >= 0.3 is 0 Å². The summed E-state index contributed by atoms with van der Waals surface area (Å²) in [6.45, 7) is 0. The van der Waals surface area contributed by atoms with Crippen LogP contribution in [0, 0.1) is 0 Å². The van der Waals surface area contributed by atoms with E-state index in [0.29, 0.717) is 6.42 Å². The lowest BCUT2D eigenvalue weighted by atomic mass is 10.1. The molecule has 0 aliphatic carbocycles. The SMILES string of the molecule is O=C(NC1C=CS(=O)(=O)C1)C1Cc2ccccc2N1. The average molecular weight is 278 g/mol. The molecule has 2 aliphatic rings. The number of benzene rings is 1. The Kier molecular flexibility index (Phi) is 2.82. The van der Waals surface area contributed by atoms with Crippen LogP contribution in [0.25, 0.3) is 0 Å². The fraction of sp³-hybridized carbons (Fsp3) is 0.308. The smallest absolute Gasteiger partial charge is 0.243 e. The number of hydrogen-bond acceptors (Lipinski definition) is 4. The molecule has 0 bridgehead atoms. The monoisotopic (exact) mass is 278 g/mol. The molecule has 2 atom stereocenters. The van der Waals surface area contributed by atoms with Gasteiger partial charge in [-0.15, -0.1) is 0 Å². The second kappa shape index (κ2) is 4.38. The van der Waals surface area contributed by atoms with Gasteiger partial charge < -0.3 is 10.6 Å². The molecule has 6 heteroatoms. The van der Waals surface area contributed by atoms with Crippen molar-refractivity contribution in [1.29, 1.82) is 0 Å². The summed E-state index contributed by atoms with van der Waals surface area (Å²) in [5.41, 5.74) is 2.08. The van der Waals surface area contributed by atoms with E-state index in [-0.39, 0.29) is 17.7 Å². The van der Waals surface area contributed by atoms with Crippen LogP contribution < -0.4 is 10.6 Å². The number of carbonyl (C=O) groups is 1. The Hall–Kier alpha value is -1.82. The van der Waals surface area contributed by atoms with Crippen LogP contribution in [-0.4, -0.2) is 32.2 Å². The van der Waals surface area contributed by atoms with Crippen LogP contribution in [0.4, 0.5) is 5.69 Å². The van der Waals surface area contributed by atoms with Gasteiger partial charge in [-0.3, -0.25) is 4.79 Å². The summed E-state index contributed by atoms with van der Waals surface area (Å²) >= 11 is 0. The molecule has 0 fully saturated rings. The summed E-state index contributed by atoms with van der Waals surface area (Å²) in [5.74, 6) is -0.207. The summed E-state index contributed by atoms with van der Waals surface area (Å²) in [4.78, 5) is 12.1.